The molecule has 1 rings (SSSR count). The zero-order chi connectivity index (χ0) is 8.81. The highest BCUT2D eigenvalue weighted by Gasteiger charge is 2.21. The summed E-state index contributed by atoms with van der Waals surface area (Å²) in [5.74, 6) is 1.14. The molecule has 0 saturated carbocycles. The molecule has 2 atom stereocenters. The van der Waals surface area contributed by atoms with Crippen LogP contribution in [0.1, 0.15) is 32.1 Å². The third kappa shape index (κ3) is 3.78. The molecule has 2 nitrogen and oxygen atoms in total. The SMILES string of the molecule is NC1CS[C@@H](CCCCCO)C1. The maximum Gasteiger partial charge on any atom is 0.0431 e. The Labute approximate surface area is 78.9 Å². The molecule has 72 valence electrons. The van der Waals surface area contributed by atoms with Crippen molar-refractivity contribution in [1.82, 2.24) is 0 Å². The van der Waals surface area contributed by atoms with Gasteiger partial charge in [-0.3, -0.25) is 0 Å². The largest absolute Gasteiger partial charge is 0.396 e. The van der Waals surface area contributed by atoms with Gasteiger partial charge in [0, 0.05) is 23.7 Å². The number of rotatable bonds is 5. The number of hydrogen-bond acceptors (Lipinski definition) is 3. The van der Waals surface area contributed by atoms with Crippen LogP contribution in [0.25, 0.3) is 0 Å². The van der Waals surface area contributed by atoms with Crippen molar-refractivity contribution >= 4 is 11.8 Å². The second-order valence-corrected chi connectivity index (χ2v) is 4.86. The maximum atomic E-state index is 8.58. The van der Waals surface area contributed by atoms with Crippen molar-refractivity contribution in [2.45, 2.75) is 43.4 Å². The number of nitrogens with two attached hydrogens (primary N) is 1. The predicted molar refractivity (Wildman–Crippen MR) is 54.4 cm³/mol. The van der Waals surface area contributed by atoms with Crippen molar-refractivity contribution in [2.75, 3.05) is 12.4 Å². The van der Waals surface area contributed by atoms with E-state index >= 15 is 0 Å². The molecule has 1 saturated heterocycles. The quantitative estimate of drug-likeness (QED) is 0.642. The first kappa shape index (κ1) is 10.4. The number of aliphatic hydroxyl groups is 1. The van der Waals surface area contributed by atoms with Crippen LogP contribution in [0.5, 0.6) is 0 Å². The van der Waals surface area contributed by atoms with Gasteiger partial charge in [0.15, 0.2) is 0 Å². The molecule has 1 unspecified atom stereocenters. The van der Waals surface area contributed by atoms with Gasteiger partial charge in [-0.1, -0.05) is 12.8 Å². The fraction of sp³-hybridized carbons (Fsp3) is 1.00. The Morgan fingerprint density at radius 3 is 2.75 bits per heavy atom. The Kier molecular flexibility index (Phi) is 5.04. The zero-order valence-electron chi connectivity index (χ0n) is 7.54. The van der Waals surface area contributed by atoms with E-state index in [1.54, 1.807) is 0 Å². The van der Waals surface area contributed by atoms with Crippen LogP contribution in [-0.4, -0.2) is 28.8 Å². The van der Waals surface area contributed by atoms with Crippen LogP contribution >= 0.6 is 11.8 Å². The first-order chi connectivity index (χ1) is 5.83. The first-order valence-electron chi connectivity index (χ1n) is 4.81. The number of unbranched alkanes of at least 4 members (excludes halogenated alkanes) is 2. The lowest BCUT2D eigenvalue weighted by atomic mass is 10.1. The van der Waals surface area contributed by atoms with Crippen molar-refractivity contribution in [3.8, 4) is 0 Å². The molecule has 3 N–H and O–H groups in total. The molecule has 0 bridgehead atoms. The Balaban J connectivity index is 1.93. The minimum Gasteiger partial charge on any atom is -0.396 e. The zero-order valence-corrected chi connectivity index (χ0v) is 8.35. The fourth-order valence-corrected chi connectivity index (χ4v) is 2.97. The van der Waals surface area contributed by atoms with E-state index in [4.69, 9.17) is 10.8 Å². The molecular weight excluding hydrogens is 170 g/mol. The highest BCUT2D eigenvalue weighted by molar-refractivity contribution is 8.00. The van der Waals surface area contributed by atoms with Crippen LogP contribution in [0.4, 0.5) is 0 Å². The molecule has 0 aliphatic carbocycles. The monoisotopic (exact) mass is 189 g/mol. The van der Waals surface area contributed by atoms with Crippen LogP contribution in [0.2, 0.25) is 0 Å². The molecular formula is C9H19NOS. The first-order valence-corrected chi connectivity index (χ1v) is 5.86. The molecule has 1 heterocycles. The molecule has 1 aliphatic rings. The summed E-state index contributed by atoms with van der Waals surface area (Å²) in [6.45, 7) is 0.345. The Hall–Kier alpha value is 0.270. The smallest absolute Gasteiger partial charge is 0.0431 e. The van der Waals surface area contributed by atoms with Crippen molar-refractivity contribution in [3.05, 3.63) is 0 Å². The number of hydrogen-bond donors (Lipinski definition) is 2. The van der Waals surface area contributed by atoms with Crippen LogP contribution in [0, 0.1) is 0 Å². The summed E-state index contributed by atoms with van der Waals surface area (Å²) in [7, 11) is 0. The lowest BCUT2D eigenvalue weighted by Crippen LogP contribution is -2.19. The van der Waals surface area contributed by atoms with E-state index in [9.17, 15) is 0 Å². The van der Waals surface area contributed by atoms with Gasteiger partial charge >= 0.3 is 0 Å². The lowest BCUT2D eigenvalue weighted by molar-refractivity contribution is 0.282. The molecule has 3 heteroatoms. The molecule has 1 aliphatic heterocycles. The third-order valence-corrected chi connectivity index (χ3v) is 3.82. The topological polar surface area (TPSA) is 46.2 Å². The van der Waals surface area contributed by atoms with E-state index in [1.807, 2.05) is 11.8 Å². The third-order valence-electron chi connectivity index (χ3n) is 2.30. The second-order valence-electron chi connectivity index (χ2n) is 3.52. The van der Waals surface area contributed by atoms with Gasteiger partial charge in [0.05, 0.1) is 0 Å². The Morgan fingerprint density at radius 2 is 2.17 bits per heavy atom. The van der Waals surface area contributed by atoms with Gasteiger partial charge in [0.2, 0.25) is 0 Å². The van der Waals surface area contributed by atoms with E-state index in [0.717, 1.165) is 17.4 Å². The van der Waals surface area contributed by atoms with Gasteiger partial charge in [-0.2, -0.15) is 11.8 Å². The summed E-state index contributed by atoms with van der Waals surface area (Å²) >= 11 is 2.02. The molecule has 0 aromatic rings. The maximum absolute atomic E-state index is 8.58. The van der Waals surface area contributed by atoms with Gasteiger partial charge in [-0.05, 0) is 19.3 Å². The molecule has 0 radical (unpaired) electrons. The summed E-state index contributed by atoms with van der Waals surface area (Å²) in [4.78, 5) is 0. The fourth-order valence-electron chi connectivity index (χ4n) is 1.60. The summed E-state index contributed by atoms with van der Waals surface area (Å²) in [5, 5.41) is 9.38. The van der Waals surface area contributed by atoms with E-state index < -0.39 is 0 Å². The Bertz CT molecular complexity index is 121. The highest BCUT2D eigenvalue weighted by atomic mass is 32.2. The minimum atomic E-state index is 0.345. The van der Waals surface area contributed by atoms with E-state index in [-0.39, 0.29) is 0 Å². The van der Waals surface area contributed by atoms with Gasteiger partial charge in [-0.25, -0.2) is 0 Å². The average molecular weight is 189 g/mol. The molecule has 1 fully saturated rings. The molecule has 12 heavy (non-hydrogen) atoms. The summed E-state index contributed by atoms with van der Waals surface area (Å²) in [6, 6.07) is 0.442. The lowest BCUT2D eigenvalue weighted by Gasteiger charge is -2.07. The summed E-state index contributed by atoms with van der Waals surface area (Å²) < 4.78 is 0. The molecule has 0 amide bonds. The van der Waals surface area contributed by atoms with E-state index in [0.29, 0.717) is 12.6 Å². The second kappa shape index (κ2) is 5.84. The normalized spacial score (nSPS) is 29.5. The Morgan fingerprint density at radius 1 is 1.33 bits per heavy atom. The van der Waals surface area contributed by atoms with Gasteiger partial charge in [0.1, 0.15) is 0 Å². The minimum absolute atomic E-state index is 0.345. The van der Waals surface area contributed by atoms with Crippen molar-refractivity contribution < 1.29 is 5.11 Å². The van der Waals surface area contributed by atoms with Crippen molar-refractivity contribution in [1.29, 1.82) is 0 Å². The standard InChI is InChI=1S/C9H19NOS/c10-8-6-9(12-7-8)4-2-1-3-5-11/h8-9,11H,1-7,10H2/t8?,9-/m0/s1. The van der Waals surface area contributed by atoms with Gasteiger partial charge < -0.3 is 10.8 Å². The van der Waals surface area contributed by atoms with Gasteiger partial charge in [-0.15, -0.1) is 0 Å². The molecule has 0 aromatic heterocycles. The summed E-state index contributed by atoms with van der Waals surface area (Å²) in [6.07, 6.45) is 5.87. The van der Waals surface area contributed by atoms with Crippen molar-refractivity contribution in [3.63, 3.8) is 0 Å². The van der Waals surface area contributed by atoms with E-state index in [2.05, 4.69) is 0 Å². The van der Waals surface area contributed by atoms with Crippen LogP contribution in [0.15, 0.2) is 0 Å². The number of aliphatic hydroxyl groups excluding tert-OH is 1. The summed E-state index contributed by atoms with van der Waals surface area (Å²) in [5.41, 5.74) is 5.79. The van der Waals surface area contributed by atoms with Crippen LogP contribution < -0.4 is 5.73 Å². The predicted octanol–water partition coefficient (Wildman–Crippen LogP) is 1.37. The van der Waals surface area contributed by atoms with Crippen LogP contribution in [0.3, 0.4) is 0 Å². The number of thioether (sulfide) groups is 1. The van der Waals surface area contributed by atoms with Crippen molar-refractivity contribution in [2.24, 2.45) is 5.73 Å². The van der Waals surface area contributed by atoms with Crippen LogP contribution in [-0.2, 0) is 0 Å². The van der Waals surface area contributed by atoms with E-state index in [1.165, 1.54) is 25.7 Å². The average Bonchev–Trinajstić information content (AvgIpc) is 2.45. The molecule has 0 aromatic carbocycles. The van der Waals surface area contributed by atoms with Gasteiger partial charge in [0.25, 0.3) is 0 Å². The highest BCUT2D eigenvalue weighted by Crippen LogP contribution is 2.29. The molecule has 0 spiro atoms.